The third-order valence-electron chi connectivity index (χ3n) is 6.20. The number of benzene rings is 2. The zero-order valence-electron chi connectivity index (χ0n) is 17.7. The smallest absolute Gasteiger partial charge is 0.326 e. The first-order valence-electron chi connectivity index (χ1n) is 10.4. The number of aromatic nitrogens is 1. The molecule has 1 aromatic heterocycles. The maximum atomic E-state index is 14.9. The van der Waals surface area contributed by atoms with Crippen LogP contribution in [0.3, 0.4) is 0 Å². The number of nitrogens with zero attached hydrogens (tertiary/aromatic N) is 3. The van der Waals surface area contributed by atoms with E-state index < -0.39 is 58.2 Å². The lowest BCUT2D eigenvalue weighted by Gasteiger charge is -2.37. The Bertz CT molecular complexity index is 1410. The zero-order valence-corrected chi connectivity index (χ0v) is 18.5. The van der Waals surface area contributed by atoms with Gasteiger partial charge in [0.25, 0.3) is 5.92 Å². The third kappa shape index (κ3) is 3.71. The van der Waals surface area contributed by atoms with E-state index in [0.29, 0.717) is 0 Å². The van der Waals surface area contributed by atoms with Crippen LogP contribution in [-0.2, 0) is 10.0 Å². The second kappa shape index (κ2) is 8.16. The molecule has 2 amide bonds. The molecule has 3 aromatic rings. The van der Waals surface area contributed by atoms with Crippen molar-refractivity contribution in [1.82, 2.24) is 14.8 Å². The molecule has 2 aliphatic heterocycles. The summed E-state index contributed by atoms with van der Waals surface area (Å²) in [7, 11) is -4.61. The van der Waals surface area contributed by atoms with Gasteiger partial charge in [-0.1, -0.05) is 23.4 Å². The predicted molar refractivity (Wildman–Crippen MR) is 114 cm³/mol. The molecule has 5 rings (SSSR count). The van der Waals surface area contributed by atoms with Crippen molar-refractivity contribution in [2.45, 2.75) is 24.4 Å². The van der Waals surface area contributed by atoms with Crippen LogP contribution in [0.25, 0.3) is 22.1 Å². The molecule has 2 aromatic carbocycles. The van der Waals surface area contributed by atoms with Gasteiger partial charge in [-0.2, -0.15) is 0 Å². The van der Waals surface area contributed by atoms with Crippen molar-refractivity contribution in [3.63, 3.8) is 0 Å². The second-order valence-electron chi connectivity index (χ2n) is 8.24. The summed E-state index contributed by atoms with van der Waals surface area (Å²) in [5, 5.41) is 3.97. The molecule has 0 bridgehead atoms. The fourth-order valence-corrected chi connectivity index (χ4v) is 5.36. The lowest BCUT2D eigenvalue weighted by atomic mass is 9.99. The van der Waals surface area contributed by atoms with Crippen molar-refractivity contribution < 1.29 is 39.7 Å². The summed E-state index contributed by atoms with van der Waals surface area (Å²) in [6.45, 7) is -0.968. The molecule has 35 heavy (non-hydrogen) atoms. The molecule has 2 fully saturated rings. The number of nitrogens with one attached hydrogen (secondary N) is 1. The Kier molecular flexibility index (Phi) is 5.47. The summed E-state index contributed by atoms with van der Waals surface area (Å²) in [4.78, 5) is 15.1. The van der Waals surface area contributed by atoms with E-state index in [-0.39, 0.29) is 40.9 Å². The highest BCUT2D eigenvalue weighted by molar-refractivity contribution is 7.89. The Morgan fingerprint density at radius 3 is 2.51 bits per heavy atom. The Labute approximate surface area is 195 Å². The van der Waals surface area contributed by atoms with Crippen LogP contribution in [0.2, 0.25) is 0 Å². The number of rotatable bonds is 5. The standard InChI is InChI=1S/C21H17F5N4O4S/c22-10-35(32,33)28-15-9-30-16(21(15,25)26)7-8-29(20(30)31)19-18-11(3-1-6-14(18)34-27-19)17-12(23)4-2-5-13(17)24/h1-6,15-16,28H,7-10H2/t15-,16-/m1/s1. The van der Waals surface area contributed by atoms with Crippen molar-refractivity contribution >= 4 is 32.8 Å². The van der Waals surface area contributed by atoms with Crippen LogP contribution in [-0.4, -0.2) is 61.6 Å². The van der Waals surface area contributed by atoms with E-state index in [2.05, 4.69) is 5.16 Å². The number of urea groups is 1. The highest BCUT2D eigenvalue weighted by atomic mass is 32.2. The number of halogens is 5. The fourth-order valence-electron chi connectivity index (χ4n) is 4.63. The fraction of sp³-hybridized carbons (Fsp3) is 0.333. The first-order valence-corrected chi connectivity index (χ1v) is 12.0. The minimum absolute atomic E-state index is 0.0459. The highest BCUT2D eigenvalue weighted by Gasteiger charge is 2.61. The lowest BCUT2D eigenvalue weighted by molar-refractivity contribution is -0.0449. The Hall–Kier alpha value is -3.26. The van der Waals surface area contributed by atoms with Gasteiger partial charge in [-0.15, -0.1) is 0 Å². The zero-order chi connectivity index (χ0) is 25.1. The van der Waals surface area contributed by atoms with Gasteiger partial charge in [0, 0.05) is 18.7 Å². The molecule has 14 heteroatoms. The summed E-state index contributed by atoms with van der Waals surface area (Å²) in [6.07, 6.45) is -0.281. The van der Waals surface area contributed by atoms with Crippen molar-refractivity contribution in [3.8, 4) is 11.1 Å². The molecular formula is C21H17F5N4O4S. The van der Waals surface area contributed by atoms with Gasteiger partial charge < -0.3 is 9.42 Å². The second-order valence-corrected chi connectivity index (χ2v) is 9.92. The summed E-state index contributed by atoms with van der Waals surface area (Å²) in [6, 6.07) is 1.21. The molecule has 3 heterocycles. The minimum atomic E-state index is -4.61. The molecular weight excluding hydrogens is 499 g/mol. The maximum absolute atomic E-state index is 14.9. The molecule has 1 N–H and O–H groups in total. The van der Waals surface area contributed by atoms with Gasteiger partial charge in [-0.25, -0.2) is 39.9 Å². The molecule has 0 spiro atoms. The van der Waals surface area contributed by atoms with Crippen LogP contribution < -0.4 is 9.62 Å². The van der Waals surface area contributed by atoms with E-state index in [1.54, 1.807) is 4.72 Å². The van der Waals surface area contributed by atoms with E-state index in [1.807, 2.05) is 0 Å². The number of hydrogen-bond donors (Lipinski definition) is 1. The predicted octanol–water partition coefficient (Wildman–Crippen LogP) is 3.64. The molecule has 0 unspecified atom stereocenters. The Morgan fingerprint density at radius 2 is 1.83 bits per heavy atom. The molecule has 0 radical (unpaired) electrons. The van der Waals surface area contributed by atoms with Crippen LogP contribution in [0.4, 0.5) is 32.6 Å². The number of carbonyl (C=O) groups excluding carboxylic acids is 1. The van der Waals surface area contributed by atoms with Crippen molar-refractivity contribution in [3.05, 3.63) is 48.0 Å². The van der Waals surface area contributed by atoms with Crippen LogP contribution >= 0.6 is 0 Å². The van der Waals surface area contributed by atoms with Crippen molar-refractivity contribution in [2.24, 2.45) is 0 Å². The third-order valence-corrected chi connectivity index (χ3v) is 7.13. The lowest BCUT2D eigenvalue weighted by Crippen LogP contribution is -2.56. The largest absolute Gasteiger partial charge is 0.354 e. The van der Waals surface area contributed by atoms with Crippen molar-refractivity contribution in [1.29, 1.82) is 0 Å². The van der Waals surface area contributed by atoms with E-state index in [0.717, 1.165) is 21.9 Å². The monoisotopic (exact) mass is 516 g/mol. The van der Waals surface area contributed by atoms with Crippen LogP contribution in [0, 0.1) is 11.6 Å². The molecule has 186 valence electrons. The van der Waals surface area contributed by atoms with Gasteiger partial charge >= 0.3 is 6.03 Å². The van der Waals surface area contributed by atoms with Crippen LogP contribution in [0.1, 0.15) is 6.42 Å². The Balaban J connectivity index is 1.54. The molecule has 8 nitrogen and oxygen atoms in total. The van der Waals surface area contributed by atoms with E-state index in [9.17, 15) is 35.2 Å². The number of hydrogen-bond acceptors (Lipinski definition) is 5. The first-order chi connectivity index (χ1) is 16.5. The number of anilines is 1. The number of alkyl halides is 3. The minimum Gasteiger partial charge on any atom is -0.354 e. The van der Waals surface area contributed by atoms with Crippen molar-refractivity contribution in [2.75, 3.05) is 24.0 Å². The quantitative estimate of drug-likeness (QED) is 0.523. The maximum Gasteiger partial charge on any atom is 0.326 e. The number of amides is 2. The SMILES string of the molecule is O=C1N(c2noc3cccc(-c4c(F)cccc4F)c23)CC[C@H]2N1C[C@@H](NS(=O)(=O)CF)C2(F)F. The van der Waals surface area contributed by atoms with Crippen LogP contribution in [0.15, 0.2) is 40.9 Å². The summed E-state index contributed by atoms with van der Waals surface area (Å²) in [5.74, 6) is -5.51. The van der Waals surface area contributed by atoms with E-state index >= 15 is 0 Å². The number of fused-ring (bicyclic) bond motifs is 2. The average molecular weight is 516 g/mol. The van der Waals surface area contributed by atoms with Gasteiger partial charge in [0.1, 0.15) is 23.7 Å². The molecule has 2 atom stereocenters. The molecule has 0 saturated carbocycles. The highest BCUT2D eigenvalue weighted by Crippen LogP contribution is 2.43. The van der Waals surface area contributed by atoms with Gasteiger partial charge in [-0.05, 0) is 24.6 Å². The normalized spacial score (nSPS) is 22.1. The van der Waals surface area contributed by atoms with Crippen LogP contribution in [0.5, 0.6) is 0 Å². The number of sulfonamides is 1. The molecule has 2 saturated heterocycles. The van der Waals surface area contributed by atoms with Gasteiger partial charge in [0.05, 0.1) is 10.9 Å². The summed E-state index contributed by atoms with van der Waals surface area (Å²) >= 11 is 0. The number of carbonyl (C=O) groups is 1. The van der Waals surface area contributed by atoms with Gasteiger partial charge in [0.2, 0.25) is 16.0 Å². The topological polar surface area (TPSA) is 95.8 Å². The first kappa shape index (κ1) is 23.5. The average Bonchev–Trinajstić information content (AvgIpc) is 3.34. The summed E-state index contributed by atoms with van der Waals surface area (Å²) in [5.41, 5.74) is -0.224. The molecule has 2 aliphatic rings. The molecule has 0 aliphatic carbocycles. The van der Waals surface area contributed by atoms with Gasteiger partial charge in [0.15, 0.2) is 11.4 Å². The van der Waals surface area contributed by atoms with E-state index in [1.165, 1.54) is 24.3 Å². The summed E-state index contributed by atoms with van der Waals surface area (Å²) < 4.78 is 102. The van der Waals surface area contributed by atoms with E-state index in [4.69, 9.17) is 4.52 Å². The Morgan fingerprint density at radius 1 is 1.14 bits per heavy atom. The van der Waals surface area contributed by atoms with Gasteiger partial charge in [-0.3, -0.25) is 4.90 Å².